The van der Waals surface area contributed by atoms with Crippen molar-refractivity contribution in [2.45, 2.75) is 13.5 Å². The summed E-state index contributed by atoms with van der Waals surface area (Å²) in [4.78, 5) is 5.74. The zero-order valence-corrected chi connectivity index (χ0v) is 9.97. The number of pyridine rings is 1. The summed E-state index contributed by atoms with van der Waals surface area (Å²) in [5.41, 5.74) is 6.27. The van der Waals surface area contributed by atoms with Crippen LogP contribution in [0.25, 0.3) is 0 Å². The number of nitrogens with zero attached hydrogens (tertiary/aromatic N) is 3. The van der Waals surface area contributed by atoms with Gasteiger partial charge in [0.05, 0.1) is 6.20 Å². The molecule has 17 heavy (non-hydrogen) atoms. The molecule has 6 heteroatoms. The molecule has 5 nitrogen and oxygen atoms in total. The topological polar surface area (TPSA) is 74.7 Å². The Kier molecular flexibility index (Phi) is 4.84. The summed E-state index contributed by atoms with van der Waals surface area (Å²) < 4.78 is 12.9. The van der Waals surface area contributed by atoms with Crippen molar-refractivity contribution in [3.63, 3.8) is 0 Å². The van der Waals surface area contributed by atoms with Gasteiger partial charge < -0.3 is 15.8 Å². The molecular formula is C11H17FN4O. The predicted octanol–water partition coefficient (Wildman–Crippen LogP) is 1.03. The number of aromatic nitrogens is 1. The predicted molar refractivity (Wildman–Crippen MR) is 63.1 cm³/mol. The van der Waals surface area contributed by atoms with Gasteiger partial charge in [0.25, 0.3) is 0 Å². The largest absolute Gasteiger partial charge is 0.409 e. The van der Waals surface area contributed by atoms with Gasteiger partial charge in [0, 0.05) is 25.2 Å². The molecule has 0 aromatic carbocycles. The fraction of sp³-hybridized carbons (Fsp3) is 0.455. The van der Waals surface area contributed by atoms with Gasteiger partial charge in [-0.05, 0) is 18.7 Å². The third-order valence-electron chi connectivity index (χ3n) is 2.42. The molecule has 94 valence electrons. The second-order valence-electron chi connectivity index (χ2n) is 4.13. The summed E-state index contributed by atoms with van der Waals surface area (Å²) in [6, 6.07) is 1.44. The minimum atomic E-state index is -0.347. The average molecular weight is 240 g/mol. The van der Waals surface area contributed by atoms with Gasteiger partial charge in [0.2, 0.25) is 0 Å². The Hall–Kier alpha value is -1.69. The van der Waals surface area contributed by atoms with Gasteiger partial charge in [0.15, 0.2) is 0 Å². The highest BCUT2D eigenvalue weighted by Crippen LogP contribution is 2.06. The number of amidine groups is 1. The maximum Gasteiger partial charge on any atom is 0.143 e. The average Bonchev–Trinajstić information content (AvgIpc) is 2.27. The Labute approximate surface area is 99.7 Å². The minimum Gasteiger partial charge on any atom is -0.409 e. The molecular weight excluding hydrogens is 223 g/mol. The van der Waals surface area contributed by atoms with E-state index in [-0.39, 0.29) is 17.6 Å². The second kappa shape index (κ2) is 6.15. The van der Waals surface area contributed by atoms with Gasteiger partial charge in [-0.15, -0.1) is 0 Å². The van der Waals surface area contributed by atoms with E-state index in [0.717, 1.165) is 5.56 Å². The van der Waals surface area contributed by atoms with Gasteiger partial charge in [-0.25, -0.2) is 4.39 Å². The fourth-order valence-electron chi connectivity index (χ4n) is 1.58. The van der Waals surface area contributed by atoms with Crippen LogP contribution in [0.4, 0.5) is 4.39 Å². The highest BCUT2D eigenvalue weighted by molar-refractivity contribution is 5.82. The van der Waals surface area contributed by atoms with Gasteiger partial charge >= 0.3 is 0 Å². The SMILES string of the molecule is CC(CN(C)Cc1cncc(F)c1)/C(N)=N/O. The van der Waals surface area contributed by atoms with Crippen LogP contribution in [0.5, 0.6) is 0 Å². The van der Waals surface area contributed by atoms with Gasteiger partial charge in [0.1, 0.15) is 11.7 Å². The number of nitrogens with two attached hydrogens (primary N) is 1. The molecule has 1 heterocycles. The van der Waals surface area contributed by atoms with E-state index in [0.29, 0.717) is 13.1 Å². The van der Waals surface area contributed by atoms with Crippen LogP contribution in [0.15, 0.2) is 23.6 Å². The van der Waals surface area contributed by atoms with Crippen LogP contribution in [0, 0.1) is 11.7 Å². The summed E-state index contributed by atoms with van der Waals surface area (Å²) in [5, 5.41) is 11.5. The first-order valence-corrected chi connectivity index (χ1v) is 5.28. The molecule has 1 unspecified atom stereocenters. The molecule has 0 aliphatic heterocycles. The summed E-state index contributed by atoms with van der Waals surface area (Å²) in [6.45, 7) is 3.04. The van der Waals surface area contributed by atoms with Crippen LogP contribution < -0.4 is 5.73 Å². The van der Waals surface area contributed by atoms with E-state index in [2.05, 4.69) is 10.1 Å². The molecule has 0 saturated carbocycles. The molecule has 1 atom stereocenters. The zero-order valence-electron chi connectivity index (χ0n) is 9.97. The van der Waals surface area contributed by atoms with E-state index in [1.807, 2.05) is 18.9 Å². The normalized spacial score (nSPS) is 14.0. The van der Waals surface area contributed by atoms with Gasteiger partial charge in [-0.1, -0.05) is 12.1 Å². The van der Waals surface area contributed by atoms with Gasteiger partial charge in [-0.2, -0.15) is 0 Å². The summed E-state index contributed by atoms with van der Waals surface area (Å²) in [6.07, 6.45) is 2.79. The lowest BCUT2D eigenvalue weighted by Gasteiger charge is -2.20. The van der Waals surface area contributed by atoms with Crippen LogP contribution in [-0.4, -0.2) is 34.5 Å². The highest BCUT2D eigenvalue weighted by Gasteiger charge is 2.11. The first-order chi connectivity index (χ1) is 8.02. The lowest BCUT2D eigenvalue weighted by Crippen LogP contribution is -2.32. The Morgan fingerprint density at radius 1 is 1.65 bits per heavy atom. The Morgan fingerprint density at radius 2 is 2.35 bits per heavy atom. The Morgan fingerprint density at radius 3 is 2.94 bits per heavy atom. The summed E-state index contributed by atoms with van der Waals surface area (Å²) in [5.74, 6) is -0.221. The van der Waals surface area contributed by atoms with Crippen molar-refractivity contribution in [3.8, 4) is 0 Å². The molecule has 0 fully saturated rings. The van der Waals surface area contributed by atoms with Crippen molar-refractivity contribution in [3.05, 3.63) is 29.8 Å². The number of halogens is 1. The van der Waals surface area contributed by atoms with Gasteiger partial charge in [-0.3, -0.25) is 4.98 Å². The summed E-state index contributed by atoms with van der Waals surface area (Å²) >= 11 is 0. The van der Waals surface area contributed by atoms with E-state index in [9.17, 15) is 4.39 Å². The number of hydrogen-bond acceptors (Lipinski definition) is 4. The van der Waals surface area contributed by atoms with E-state index in [1.165, 1.54) is 12.3 Å². The monoisotopic (exact) mass is 240 g/mol. The molecule has 0 aliphatic carbocycles. The van der Waals surface area contributed by atoms with E-state index in [4.69, 9.17) is 10.9 Å². The first-order valence-electron chi connectivity index (χ1n) is 5.28. The number of rotatable bonds is 5. The van der Waals surface area contributed by atoms with Crippen LogP contribution in [0.1, 0.15) is 12.5 Å². The van der Waals surface area contributed by atoms with E-state index in [1.54, 1.807) is 6.20 Å². The molecule has 0 radical (unpaired) electrons. The molecule has 0 bridgehead atoms. The molecule has 0 saturated heterocycles. The van der Waals surface area contributed by atoms with Crippen molar-refractivity contribution < 1.29 is 9.60 Å². The quantitative estimate of drug-likeness (QED) is 0.349. The molecule has 0 spiro atoms. The van der Waals surface area contributed by atoms with Crippen molar-refractivity contribution in [1.29, 1.82) is 0 Å². The van der Waals surface area contributed by atoms with E-state index < -0.39 is 0 Å². The second-order valence-corrected chi connectivity index (χ2v) is 4.13. The molecule has 0 aliphatic rings. The van der Waals surface area contributed by atoms with E-state index >= 15 is 0 Å². The van der Waals surface area contributed by atoms with Crippen LogP contribution >= 0.6 is 0 Å². The molecule has 3 N–H and O–H groups in total. The standard InChI is InChI=1S/C11H17FN4O/c1-8(11(13)15-17)6-16(2)7-9-3-10(12)5-14-4-9/h3-5,8,17H,6-7H2,1-2H3,(H2,13,15). The lowest BCUT2D eigenvalue weighted by atomic mass is 10.1. The third kappa shape index (κ3) is 4.36. The van der Waals surface area contributed by atoms with Crippen molar-refractivity contribution in [2.75, 3.05) is 13.6 Å². The lowest BCUT2D eigenvalue weighted by molar-refractivity contribution is 0.290. The number of hydrogen-bond donors (Lipinski definition) is 2. The summed E-state index contributed by atoms with van der Waals surface area (Å²) in [7, 11) is 1.88. The fourth-order valence-corrected chi connectivity index (χ4v) is 1.58. The molecule has 1 aromatic heterocycles. The number of oxime groups is 1. The molecule has 0 amide bonds. The smallest absolute Gasteiger partial charge is 0.143 e. The maximum atomic E-state index is 12.9. The van der Waals surface area contributed by atoms with Crippen molar-refractivity contribution >= 4 is 5.84 Å². The third-order valence-corrected chi connectivity index (χ3v) is 2.42. The van der Waals surface area contributed by atoms with Crippen molar-refractivity contribution in [1.82, 2.24) is 9.88 Å². The van der Waals surface area contributed by atoms with Crippen LogP contribution in [0.3, 0.4) is 0 Å². The van der Waals surface area contributed by atoms with Crippen molar-refractivity contribution in [2.24, 2.45) is 16.8 Å². The van der Waals surface area contributed by atoms with Crippen LogP contribution in [0.2, 0.25) is 0 Å². The minimum absolute atomic E-state index is 0.0634. The zero-order chi connectivity index (χ0) is 12.8. The highest BCUT2D eigenvalue weighted by atomic mass is 19.1. The molecule has 1 aromatic rings. The van der Waals surface area contributed by atoms with Crippen LogP contribution in [-0.2, 0) is 6.54 Å². The Balaban J connectivity index is 2.52. The maximum absolute atomic E-state index is 12.9. The Bertz CT molecular complexity index is 397. The molecule has 1 rings (SSSR count). The first kappa shape index (κ1) is 13.4.